The number of hydrogen-bond acceptors (Lipinski definition) is 2. The number of rotatable bonds is 1. The fourth-order valence-corrected chi connectivity index (χ4v) is 3.23. The number of nitrogens with zero attached hydrogens (tertiary/aromatic N) is 1. The number of likely N-dealkylation sites (tertiary alicyclic amines) is 1. The van der Waals surface area contributed by atoms with Gasteiger partial charge in [0.2, 0.25) is 0 Å². The monoisotopic (exact) mass is 246 g/mol. The fraction of sp³-hybridized carbons (Fsp3) is 0.625. The highest BCUT2D eigenvalue weighted by Crippen LogP contribution is 2.39. The predicted octanol–water partition coefficient (Wildman–Crippen LogP) is 3.18. The van der Waals surface area contributed by atoms with Crippen LogP contribution in [-0.2, 0) is 0 Å². The fourth-order valence-electron chi connectivity index (χ4n) is 3.23. The lowest BCUT2D eigenvalue weighted by atomic mass is 9.90. The summed E-state index contributed by atoms with van der Waals surface area (Å²) in [4.78, 5) is 2.56. The van der Waals surface area contributed by atoms with Crippen LogP contribution in [0.1, 0.15) is 49.9 Å². The van der Waals surface area contributed by atoms with Crippen LogP contribution in [0.25, 0.3) is 0 Å². The van der Waals surface area contributed by atoms with E-state index in [4.69, 9.17) is 5.73 Å². The van der Waals surface area contributed by atoms with E-state index in [1.165, 1.54) is 16.7 Å². The lowest BCUT2D eigenvalue weighted by molar-refractivity contribution is 0.116. The van der Waals surface area contributed by atoms with Gasteiger partial charge in [0.1, 0.15) is 0 Å². The maximum Gasteiger partial charge on any atom is 0.0510 e. The summed E-state index contributed by atoms with van der Waals surface area (Å²) in [6.07, 6.45) is 1.09. The van der Waals surface area contributed by atoms with Crippen molar-refractivity contribution in [3.63, 3.8) is 0 Å². The van der Waals surface area contributed by atoms with Crippen molar-refractivity contribution in [2.75, 3.05) is 6.54 Å². The Kier molecular flexibility index (Phi) is 3.52. The summed E-state index contributed by atoms with van der Waals surface area (Å²) in [5.41, 5.74) is 10.7. The molecule has 1 fully saturated rings. The van der Waals surface area contributed by atoms with Crippen molar-refractivity contribution < 1.29 is 0 Å². The van der Waals surface area contributed by atoms with Gasteiger partial charge in [-0.15, -0.1) is 0 Å². The molecule has 1 aromatic rings. The van der Waals surface area contributed by atoms with E-state index in [1.807, 2.05) is 0 Å². The highest BCUT2D eigenvalue weighted by molar-refractivity contribution is 5.38. The van der Waals surface area contributed by atoms with Crippen molar-refractivity contribution in [3.05, 3.63) is 34.9 Å². The largest absolute Gasteiger partial charge is 0.326 e. The first kappa shape index (κ1) is 13.6. The van der Waals surface area contributed by atoms with Gasteiger partial charge in [0.15, 0.2) is 0 Å². The second-order valence-corrected chi connectivity index (χ2v) is 6.57. The van der Waals surface area contributed by atoms with Crippen LogP contribution >= 0.6 is 0 Å². The number of benzene rings is 1. The van der Waals surface area contributed by atoms with Gasteiger partial charge in [-0.25, -0.2) is 0 Å². The minimum Gasteiger partial charge on any atom is -0.326 e. The average Bonchev–Trinajstić information content (AvgIpc) is 2.60. The molecule has 1 aliphatic rings. The third-order valence-corrected chi connectivity index (χ3v) is 4.14. The van der Waals surface area contributed by atoms with E-state index in [1.54, 1.807) is 0 Å². The van der Waals surface area contributed by atoms with Crippen LogP contribution in [0.2, 0.25) is 0 Å². The van der Waals surface area contributed by atoms with Gasteiger partial charge in [-0.2, -0.15) is 0 Å². The van der Waals surface area contributed by atoms with Crippen molar-refractivity contribution in [2.24, 2.45) is 5.73 Å². The third kappa shape index (κ3) is 2.32. The Labute approximate surface area is 111 Å². The van der Waals surface area contributed by atoms with Gasteiger partial charge in [-0.05, 0) is 57.7 Å². The van der Waals surface area contributed by atoms with Crippen molar-refractivity contribution in [1.29, 1.82) is 0 Å². The Morgan fingerprint density at radius 2 is 1.72 bits per heavy atom. The summed E-state index contributed by atoms with van der Waals surface area (Å²) in [5, 5.41) is 0. The minimum atomic E-state index is 0.174. The molecule has 0 amide bonds. The van der Waals surface area contributed by atoms with E-state index >= 15 is 0 Å². The normalized spacial score (nSPS) is 25.7. The highest BCUT2D eigenvalue weighted by Gasteiger charge is 2.39. The lowest BCUT2D eigenvalue weighted by Gasteiger charge is -2.39. The van der Waals surface area contributed by atoms with Crippen LogP contribution in [0, 0.1) is 13.8 Å². The molecule has 2 unspecified atom stereocenters. The smallest absolute Gasteiger partial charge is 0.0510 e. The summed E-state index contributed by atoms with van der Waals surface area (Å²) in [6.45, 7) is 12.4. The van der Waals surface area contributed by atoms with Gasteiger partial charge in [-0.1, -0.05) is 18.2 Å². The van der Waals surface area contributed by atoms with E-state index in [-0.39, 0.29) is 11.6 Å². The van der Waals surface area contributed by atoms with E-state index in [0.717, 1.165) is 13.0 Å². The standard InChI is InChI=1S/C16H26N2/c1-11-7-6-8-12(2)14(11)15-13(17)9-10-18(15)16(3,4)5/h6-8,13,15H,9-10,17H2,1-5H3. The molecular formula is C16H26N2. The molecule has 0 spiro atoms. The van der Waals surface area contributed by atoms with Gasteiger partial charge < -0.3 is 5.73 Å². The molecule has 2 rings (SSSR count). The summed E-state index contributed by atoms with van der Waals surface area (Å²) >= 11 is 0. The Bertz CT molecular complexity index is 411. The Morgan fingerprint density at radius 3 is 2.22 bits per heavy atom. The third-order valence-electron chi connectivity index (χ3n) is 4.14. The van der Waals surface area contributed by atoms with Crippen LogP contribution in [0.5, 0.6) is 0 Å². The average molecular weight is 246 g/mol. The molecule has 1 aliphatic heterocycles. The van der Waals surface area contributed by atoms with Gasteiger partial charge in [0, 0.05) is 18.1 Å². The molecule has 1 heterocycles. The molecule has 2 nitrogen and oxygen atoms in total. The first-order valence-electron chi connectivity index (χ1n) is 6.91. The minimum absolute atomic E-state index is 0.174. The molecule has 1 aromatic carbocycles. The van der Waals surface area contributed by atoms with Gasteiger partial charge in [0.25, 0.3) is 0 Å². The molecular weight excluding hydrogens is 220 g/mol. The van der Waals surface area contributed by atoms with Gasteiger partial charge >= 0.3 is 0 Å². The van der Waals surface area contributed by atoms with Crippen molar-refractivity contribution >= 4 is 0 Å². The molecule has 2 N–H and O–H groups in total. The van der Waals surface area contributed by atoms with E-state index in [2.05, 4.69) is 57.7 Å². The highest BCUT2D eigenvalue weighted by atomic mass is 15.3. The van der Waals surface area contributed by atoms with Gasteiger partial charge in [-0.3, -0.25) is 4.90 Å². The molecule has 2 heteroatoms. The topological polar surface area (TPSA) is 29.3 Å². The molecule has 0 saturated carbocycles. The molecule has 0 aliphatic carbocycles. The van der Waals surface area contributed by atoms with E-state index in [0.29, 0.717) is 6.04 Å². The van der Waals surface area contributed by atoms with Crippen molar-refractivity contribution in [3.8, 4) is 0 Å². The first-order chi connectivity index (χ1) is 8.32. The van der Waals surface area contributed by atoms with Gasteiger partial charge in [0.05, 0.1) is 6.04 Å². The maximum absolute atomic E-state index is 6.39. The summed E-state index contributed by atoms with van der Waals surface area (Å²) in [7, 11) is 0. The number of hydrogen-bond donors (Lipinski definition) is 1. The zero-order chi connectivity index (χ0) is 13.5. The molecule has 100 valence electrons. The van der Waals surface area contributed by atoms with Crippen LogP contribution in [0.4, 0.5) is 0 Å². The molecule has 2 atom stereocenters. The Hall–Kier alpha value is -0.860. The van der Waals surface area contributed by atoms with Crippen LogP contribution in [0.3, 0.4) is 0 Å². The number of aryl methyl sites for hydroxylation is 2. The van der Waals surface area contributed by atoms with Crippen LogP contribution in [0.15, 0.2) is 18.2 Å². The van der Waals surface area contributed by atoms with E-state index < -0.39 is 0 Å². The first-order valence-corrected chi connectivity index (χ1v) is 6.91. The number of nitrogens with two attached hydrogens (primary N) is 1. The zero-order valence-corrected chi connectivity index (χ0v) is 12.3. The lowest BCUT2D eigenvalue weighted by Crippen LogP contribution is -2.44. The molecule has 1 saturated heterocycles. The van der Waals surface area contributed by atoms with E-state index in [9.17, 15) is 0 Å². The maximum atomic E-state index is 6.39. The van der Waals surface area contributed by atoms with Crippen LogP contribution in [-0.4, -0.2) is 23.0 Å². The predicted molar refractivity (Wildman–Crippen MR) is 77.7 cm³/mol. The second kappa shape index (κ2) is 4.67. The second-order valence-electron chi connectivity index (χ2n) is 6.57. The van der Waals surface area contributed by atoms with Crippen molar-refractivity contribution in [1.82, 2.24) is 4.90 Å². The Morgan fingerprint density at radius 1 is 1.17 bits per heavy atom. The van der Waals surface area contributed by atoms with Crippen LogP contribution < -0.4 is 5.73 Å². The summed E-state index contributed by atoms with van der Waals surface area (Å²) in [6, 6.07) is 7.16. The van der Waals surface area contributed by atoms with Crippen molar-refractivity contribution in [2.45, 2.75) is 58.7 Å². The summed E-state index contributed by atoms with van der Waals surface area (Å²) < 4.78 is 0. The zero-order valence-electron chi connectivity index (χ0n) is 12.3. The summed E-state index contributed by atoms with van der Waals surface area (Å²) in [5.74, 6) is 0. The molecule has 0 aromatic heterocycles. The Balaban J connectivity index is 2.47. The molecule has 18 heavy (non-hydrogen) atoms. The molecule has 0 radical (unpaired) electrons. The SMILES string of the molecule is Cc1cccc(C)c1C1C(N)CCN1C(C)(C)C. The molecule has 0 bridgehead atoms. The quantitative estimate of drug-likeness (QED) is 0.824.